The summed E-state index contributed by atoms with van der Waals surface area (Å²) < 4.78 is 13.6. The molecule has 1 unspecified atom stereocenters. The van der Waals surface area contributed by atoms with Crippen molar-refractivity contribution in [3.8, 4) is 21.8 Å². The van der Waals surface area contributed by atoms with Crippen LogP contribution >= 0.6 is 11.3 Å². The Morgan fingerprint density at radius 2 is 2.06 bits per heavy atom. The number of amides is 1. The van der Waals surface area contributed by atoms with E-state index in [-0.39, 0.29) is 5.91 Å². The highest BCUT2D eigenvalue weighted by Gasteiger charge is 2.20. The molecule has 5 rings (SSSR count). The van der Waals surface area contributed by atoms with Crippen LogP contribution in [0, 0.1) is 13.8 Å². The number of hydrogen-bond donors (Lipinski definition) is 1. The van der Waals surface area contributed by atoms with Gasteiger partial charge in [0.05, 0.1) is 31.6 Å². The minimum absolute atomic E-state index is 0.00226. The van der Waals surface area contributed by atoms with Gasteiger partial charge < -0.3 is 19.4 Å². The number of nitrogens with zero attached hydrogens (tertiary/aromatic N) is 3. The molecule has 0 spiro atoms. The molecule has 0 aliphatic carbocycles. The summed E-state index contributed by atoms with van der Waals surface area (Å²) in [4.78, 5) is 19.6. The molecule has 1 atom stereocenters. The molecule has 3 aromatic rings. The summed E-state index contributed by atoms with van der Waals surface area (Å²) in [5, 5.41) is 6.10. The fourth-order valence-electron chi connectivity index (χ4n) is 4.76. The third-order valence-electron chi connectivity index (χ3n) is 6.63. The molecule has 2 fully saturated rings. The number of ether oxygens (including phenoxy) is 2. The normalized spacial score (nSPS) is 18.9. The zero-order valence-corrected chi connectivity index (χ0v) is 20.7. The number of nitrogens with one attached hydrogen (secondary N) is 1. The minimum Gasteiger partial charge on any atom is -0.379 e. The predicted octanol–water partition coefficient (Wildman–Crippen LogP) is 4.35. The maximum absolute atomic E-state index is 12.5. The molecule has 1 amide bonds. The van der Waals surface area contributed by atoms with Gasteiger partial charge in [0.15, 0.2) is 0 Å². The lowest BCUT2D eigenvalue weighted by Gasteiger charge is -2.25. The Morgan fingerprint density at radius 1 is 1.21 bits per heavy atom. The van der Waals surface area contributed by atoms with Gasteiger partial charge in [-0.25, -0.2) is 4.98 Å². The third kappa shape index (κ3) is 5.25. The molecule has 2 aromatic heterocycles. The van der Waals surface area contributed by atoms with Crippen molar-refractivity contribution in [2.45, 2.75) is 39.3 Å². The maximum atomic E-state index is 12.5. The summed E-state index contributed by atoms with van der Waals surface area (Å²) in [5.41, 5.74) is 6.44. The highest BCUT2D eigenvalue weighted by atomic mass is 32.1. The Labute approximate surface area is 204 Å². The summed E-state index contributed by atoms with van der Waals surface area (Å²) in [5.74, 6) is -0.00226. The molecule has 1 N–H and O–H groups in total. The molecule has 4 heterocycles. The lowest BCUT2D eigenvalue weighted by atomic mass is 10.2. The summed E-state index contributed by atoms with van der Waals surface area (Å²) in [7, 11) is 0. The second kappa shape index (κ2) is 10.4. The number of morpholine rings is 1. The fraction of sp³-hybridized carbons (Fsp3) is 0.462. The van der Waals surface area contributed by atoms with E-state index in [1.807, 2.05) is 24.3 Å². The van der Waals surface area contributed by atoms with Gasteiger partial charge in [-0.2, -0.15) is 0 Å². The van der Waals surface area contributed by atoms with Gasteiger partial charge in [-0.3, -0.25) is 9.69 Å². The molecule has 180 valence electrons. The monoisotopic (exact) mass is 480 g/mol. The topological polar surface area (TPSA) is 68.6 Å². The van der Waals surface area contributed by atoms with Crippen molar-refractivity contribution >= 4 is 22.9 Å². The molecule has 34 heavy (non-hydrogen) atoms. The second-order valence-corrected chi connectivity index (χ2v) is 9.94. The van der Waals surface area contributed by atoms with E-state index in [4.69, 9.17) is 14.5 Å². The number of carbonyl (C=O) groups is 1. The van der Waals surface area contributed by atoms with Crippen molar-refractivity contribution in [1.82, 2.24) is 14.5 Å². The standard InChI is InChI=1S/C26H32N4O3S/c1-18-13-23(19(2)30(18)15-22-7-4-10-33-22)24-17-34-26(28-24)20-5-3-6-21(14-20)27-25(31)16-29-8-11-32-12-9-29/h3,5-6,13-14,17,22H,4,7-12,15-16H2,1-2H3,(H,27,31). The van der Waals surface area contributed by atoms with E-state index in [1.165, 1.54) is 17.0 Å². The van der Waals surface area contributed by atoms with Gasteiger partial charge in [-0.05, 0) is 44.9 Å². The van der Waals surface area contributed by atoms with E-state index in [0.29, 0.717) is 25.9 Å². The zero-order chi connectivity index (χ0) is 23.5. The van der Waals surface area contributed by atoms with E-state index in [9.17, 15) is 4.79 Å². The van der Waals surface area contributed by atoms with Crippen molar-refractivity contribution in [3.05, 3.63) is 47.1 Å². The number of aromatic nitrogens is 2. The van der Waals surface area contributed by atoms with Crippen LogP contribution in [-0.4, -0.2) is 65.9 Å². The molecule has 0 radical (unpaired) electrons. The second-order valence-electron chi connectivity index (χ2n) is 9.09. The molecule has 8 heteroatoms. The minimum atomic E-state index is -0.00226. The first-order valence-corrected chi connectivity index (χ1v) is 12.9. The lowest BCUT2D eigenvalue weighted by Crippen LogP contribution is -2.41. The van der Waals surface area contributed by atoms with Crippen molar-refractivity contribution in [2.24, 2.45) is 0 Å². The van der Waals surface area contributed by atoms with E-state index in [0.717, 1.165) is 61.0 Å². The van der Waals surface area contributed by atoms with Crippen LogP contribution in [0.5, 0.6) is 0 Å². The van der Waals surface area contributed by atoms with E-state index >= 15 is 0 Å². The number of carbonyl (C=O) groups excluding carboxylic acids is 1. The summed E-state index contributed by atoms with van der Waals surface area (Å²) in [6, 6.07) is 10.2. The summed E-state index contributed by atoms with van der Waals surface area (Å²) in [6.07, 6.45) is 2.59. The van der Waals surface area contributed by atoms with Gasteiger partial charge in [0, 0.05) is 59.8 Å². The van der Waals surface area contributed by atoms with Gasteiger partial charge in [0.25, 0.3) is 0 Å². The highest BCUT2D eigenvalue weighted by Crippen LogP contribution is 2.33. The van der Waals surface area contributed by atoms with E-state index in [2.05, 4.69) is 40.1 Å². The first kappa shape index (κ1) is 23.2. The molecule has 2 aliphatic heterocycles. The summed E-state index contributed by atoms with van der Waals surface area (Å²) in [6.45, 7) is 9.45. The van der Waals surface area contributed by atoms with Crippen molar-refractivity contribution in [2.75, 3.05) is 44.8 Å². The lowest BCUT2D eigenvalue weighted by molar-refractivity contribution is -0.118. The van der Waals surface area contributed by atoms with Crippen LogP contribution in [0.25, 0.3) is 21.8 Å². The van der Waals surface area contributed by atoms with Gasteiger partial charge in [-0.1, -0.05) is 12.1 Å². The molecular formula is C26H32N4O3S. The molecular weight excluding hydrogens is 448 g/mol. The van der Waals surface area contributed by atoms with E-state index in [1.54, 1.807) is 11.3 Å². The Hall–Kier alpha value is -2.52. The Morgan fingerprint density at radius 3 is 2.85 bits per heavy atom. The largest absolute Gasteiger partial charge is 0.379 e. The van der Waals surface area contributed by atoms with Crippen LogP contribution in [-0.2, 0) is 20.8 Å². The molecule has 1 aromatic carbocycles. The van der Waals surface area contributed by atoms with Crippen LogP contribution in [0.4, 0.5) is 5.69 Å². The Balaban J connectivity index is 1.29. The van der Waals surface area contributed by atoms with Gasteiger partial charge >= 0.3 is 0 Å². The first-order chi connectivity index (χ1) is 16.6. The number of benzene rings is 1. The number of rotatable bonds is 7. The number of hydrogen-bond acceptors (Lipinski definition) is 6. The number of anilines is 1. The third-order valence-corrected chi connectivity index (χ3v) is 7.52. The van der Waals surface area contributed by atoms with Crippen molar-refractivity contribution < 1.29 is 14.3 Å². The van der Waals surface area contributed by atoms with Gasteiger partial charge in [0.1, 0.15) is 5.01 Å². The Bertz CT molecular complexity index is 1140. The van der Waals surface area contributed by atoms with Crippen molar-refractivity contribution in [1.29, 1.82) is 0 Å². The van der Waals surface area contributed by atoms with Crippen LogP contribution in [0.2, 0.25) is 0 Å². The molecule has 7 nitrogen and oxygen atoms in total. The van der Waals surface area contributed by atoms with Crippen LogP contribution < -0.4 is 5.32 Å². The van der Waals surface area contributed by atoms with Crippen LogP contribution in [0.1, 0.15) is 24.2 Å². The van der Waals surface area contributed by atoms with Gasteiger partial charge in [-0.15, -0.1) is 11.3 Å². The predicted molar refractivity (Wildman–Crippen MR) is 135 cm³/mol. The number of thiazole rings is 1. The summed E-state index contributed by atoms with van der Waals surface area (Å²) >= 11 is 1.63. The fourth-order valence-corrected chi connectivity index (χ4v) is 5.57. The van der Waals surface area contributed by atoms with Gasteiger partial charge in [0.2, 0.25) is 5.91 Å². The average Bonchev–Trinajstić information content (AvgIpc) is 3.58. The average molecular weight is 481 g/mol. The quantitative estimate of drug-likeness (QED) is 0.545. The molecule has 0 bridgehead atoms. The van der Waals surface area contributed by atoms with Crippen LogP contribution in [0.15, 0.2) is 35.7 Å². The molecule has 0 saturated carbocycles. The molecule has 2 aliphatic rings. The van der Waals surface area contributed by atoms with E-state index < -0.39 is 0 Å². The Kier molecular flexibility index (Phi) is 7.10. The maximum Gasteiger partial charge on any atom is 0.238 e. The van der Waals surface area contributed by atoms with Crippen molar-refractivity contribution in [3.63, 3.8) is 0 Å². The van der Waals surface area contributed by atoms with Crippen LogP contribution in [0.3, 0.4) is 0 Å². The SMILES string of the molecule is Cc1cc(-c2csc(-c3cccc(NC(=O)CN4CCOCC4)c3)n2)c(C)n1CC1CCCO1. The highest BCUT2D eigenvalue weighted by molar-refractivity contribution is 7.13. The number of aryl methyl sites for hydroxylation is 1. The molecule has 2 saturated heterocycles. The first-order valence-electron chi connectivity index (χ1n) is 12.0. The smallest absolute Gasteiger partial charge is 0.238 e. The zero-order valence-electron chi connectivity index (χ0n) is 19.9.